The maximum atomic E-state index is 13.7. The monoisotopic (exact) mass is 297 g/mol. The molecule has 3 N–H and O–H groups in total. The fourth-order valence-electron chi connectivity index (χ4n) is 2.64. The summed E-state index contributed by atoms with van der Waals surface area (Å²) in [4.78, 5) is 23.5. The van der Waals surface area contributed by atoms with Crippen LogP contribution in [-0.4, -0.2) is 16.9 Å². The summed E-state index contributed by atoms with van der Waals surface area (Å²) < 4.78 is 13.7. The first-order valence-corrected chi connectivity index (χ1v) is 6.62. The van der Waals surface area contributed by atoms with Gasteiger partial charge in [-0.05, 0) is 23.3 Å². The number of fused-ring (bicyclic) bond motifs is 1. The Morgan fingerprint density at radius 1 is 1.18 bits per heavy atom. The van der Waals surface area contributed by atoms with Crippen LogP contribution in [0, 0.1) is 5.82 Å². The maximum absolute atomic E-state index is 13.7. The second-order valence-electron chi connectivity index (χ2n) is 5.06. The number of anilines is 1. The summed E-state index contributed by atoms with van der Waals surface area (Å²) in [6.45, 7) is 0. The van der Waals surface area contributed by atoms with E-state index in [1.54, 1.807) is 0 Å². The molecule has 0 aliphatic heterocycles. The summed E-state index contributed by atoms with van der Waals surface area (Å²) in [7, 11) is 0. The minimum Gasteiger partial charge on any atom is -0.478 e. The van der Waals surface area contributed by atoms with E-state index in [9.17, 15) is 19.1 Å². The standard InChI is InChI=1S/C17H12FNO3/c18-14-7-12-11(8-15(14)19)10(9-4-2-1-3-5-9)6-13(16(12)20)17(21)22/h1-8,10H,19H2,(H,21,22). The van der Waals surface area contributed by atoms with Crippen LogP contribution in [0.15, 0.2) is 54.1 Å². The number of carbonyl (C=O) groups excluding carboxylic acids is 1. The summed E-state index contributed by atoms with van der Waals surface area (Å²) in [5.74, 6) is -3.21. The SMILES string of the molecule is Nc1cc2c(cc1F)C(=O)C(C(=O)O)=CC2c1ccccc1. The molecule has 0 aromatic heterocycles. The second-order valence-corrected chi connectivity index (χ2v) is 5.06. The molecule has 5 heteroatoms. The molecule has 1 aliphatic carbocycles. The fourth-order valence-corrected chi connectivity index (χ4v) is 2.64. The van der Waals surface area contributed by atoms with Crippen LogP contribution in [0.1, 0.15) is 27.4 Å². The topological polar surface area (TPSA) is 80.4 Å². The van der Waals surface area contributed by atoms with Gasteiger partial charge in [0.25, 0.3) is 0 Å². The van der Waals surface area contributed by atoms with Gasteiger partial charge in [-0.15, -0.1) is 0 Å². The lowest BCUT2D eigenvalue weighted by molar-refractivity contribution is -0.132. The van der Waals surface area contributed by atoms with Crippen molar-refractivity contribution >= 4 is 17.4 Å². The van der Waals surface area contributed by atoms with Crippen molar-refractivity contribution in [3.05, 3.63) is 76.6 Å². The molecule has 0 bridgehead atoms. The second kappa shape index (κ2) is 5.11. The molecule has 1 aliphatic rings. The molecular formula is C17H12FNO3. The Labute approximate surface area is 125 Å². The number of allylic oxidation sites excluding steroid dienone is 1. The smallest absolute Gasteiger partial charge is 0.339 e. The predicted molar refractivity (Wildman–Crippen MR) is 79.1 cm³/mol. The van der Waals surface area contributed by atoms with Crippen molar-refractivity contribution in [2.75, 3.05) is 5.73 Å². The average Bonchev–Trinajstić information content (AvgIpc) is 2.50. The molecule has 3 rings (SSSR count). The first-order valence-electron chi connectivity index (χ1n) is 6.62. The summed E-state index contributed by atoms with van der Waals surface area (Å²) in [6, 6.07) is 11.5. The lowest BCUT2D eigenvalue weighted by Crippen LogP contribution is -2.22. The average molecular weight is 297 g/mol. The van der Waals surface area contributed by atoms with Gasteiger partial charge in [0.2, 0.25) is 0 Å². The number of halogens is 1. The number of hydrogen-bond acceptors (Lipinski definition) is 3. The van der Waals surface area contributed by atoms with Gasteiger partial charge >= 0.3 is 5.97 Å². The molecular weight excluding hydrogens is 285 g/mol. The maximum Gasteiger partial charge on any atom is 0.339 e. The van der Waals surface area contributed by atoms with Gasteiger partial charge in [-0.25, -0.2) is 9.18 Å². The number of ketones is 1. The largest absolute Gasteiger partial charge is 0.478 e. The van der Waals surface area contributed by atoms with Gasteiger partial charge in [0.05, 0.1) is 5.69 Å². The van der Waals surface area contributed by atoms with E-state index < -0.39 is 23.5 Å². The molecule has 0 spiro atoms. The lowest BCUT2D eigenvalue weighted by atomic mass is 9.79. The molecule has 110 valence electrons. The highest BCUT2D eigenvalue weighted by Gasteiger charge is 2.32. The van der Waals surface area contributed by atoms with E-state index in [4.69, 9.17) is 5.73 Å². The third-order valence-electron chi connectivity index (χ3n) is 3.72. The Balaban J connectivity index is 2.26. The molecule has 0 amide bonds. The van der Waals surface area contributed by atoms with Crippen LogP contribution in [0.2, 0.25) is 0 Å². The highest BCUT2D eigenvalue weighted by Crippen LogP contribution is 2.37. The molecule has 1 atom stereocenters. The highest BCUT2D eigenvalue weighted by atomic mass is 19.1. The Kier molecular flexibility index (Phi) is 3.25. The number of carbonyl (C=O) groups is 2. The van der Waals surface area contributed by atoms with Crippen molar-refractivity contribution < 1.29 is 19.1 Å². The van der Waals surface area contributed by atoms with E-state index >= 15 is 0 Å². The quantitative estimate of drug-likeness (QED) is 0.659. The van der Waals surface area contributed by atoms with Crippen molar-refractivity contribution in [2.45, 2.75) is 5.92 Å². The molecule has 2 aromatic carbocycles. The number of carboxylic acids is 1. The predicted octanol–water partition coefficient (Wildman–Crippen LogP) is 2.75. The number of nitrogen functional groups attached to an aromatic ring is 1. The Hall–Kier alpha value is -2.95. The van der Waals surface area contributed by atoms with Gasteiger partial charge < -0.3 is 10.8 Å². The van der Waals surface area contributed by atoms with Gasteiger partial charge in [-0.3, -0.25) is 4.79 Å². The van der Waals surface area contributed by atoms with Crippen LogP contribution in [0.4, 0.5) is 10.1 Å². The van der Waals surface area contributed by atoms with Crippen molar-refractivity contribution in [1.82, 2.24) is 0 Å². The van der Waals surface area contributed by atoms with E-state index in [2.05, 4.69) is 0 Å². The van der Waals surface area contributed by atoms with Gasteiger partial charge in [-0.2, -0.15) is 0 Å². The number of Topliss-reactive ketones (excluding diaryl/α,β-unsaturated/α-hetero) is 1. The number of carboxylic acid groups (broad SMARTS) is 1. The molecule has 4 nitrogen and oxygen atoms in total. The van der Waals surface area contributed by atoms with Crippen LogP contribution < -0.4 is 5.73 Å². The first kappa shape index (κ1) is 14.0. The van der Waals surface area contributed by atoms with Gasteiger partial charge in [0.1, 0.15) is 11.4 Å². The Morgan fingerprint density at radius 2 is 1.86 bits per heavy atom. The molecule has 2 aromatic rings. The number of rotatable bonds is 2. The molecule has 0 saturated carbocycles. The van der Waals surface area contributed by atoms with Crippen LogP contribution in [0.5, 0.6) is 0 Å². The minimum atomic E-state index is -1.33. The fraction of sp³-hybridized carbons (Fsp3) is 0.0588. The molecule has 0 saturated heterocycles. The number of benzene rings is 2. The summed E-state index contributed by atoms with van der Waals surface area (Å²) in [5, 5.41) is 9.22. The molecule has 22 heavy (non-hydrogen) atoms. The van der Waals surface area contributed by atoms with Gasteiger partial charge in [0.15, 0.2) is 5.78 Å². The molecule has 1 unspecified atom stereocenters. The molecule has 0 fully saturated rings. The van der Waals surface area contributed by atoms with Crippen molar-refractivity contribution in [3.8, 4) is 0 Å². The van der Waals surface area contributed by atoms with E-state index in [1.807, 2.05) is 30.3 Å². The summed E-state index contributed by atoms with van der Waals surface area (Å²) in [6.07, 6.45) is 1.39. The van der Waals surface area contributed by atoms with Crippen LogP contribution >= 0.6 is 0 Å². The molecule has 0 heterocycles. The number of hydrogen-bond donors (Lipinski definition) is 2. The van der Waals surface area contributed by atoms with Crippen LogP contribution in [0.3, 0.4) is 0 Å². The van der Waals surface area contributed by atoms with Crippen molar-refractivity contribution in [2.24, 2.45) is 0 Å². The van der Waals surface area contributed by atoms with Crippen LogP contribution in [-0.2, 0) is 4.79 Å². The zero-order chi connectivity index (χ0) is 15.9. The third-order valence-corrected chi connectivity index (χ3v) is 3.72. The van der Waals surface area contributed by atoms with Gasteiger partial charge in [-0.1, -0.05) is 36.4 Å². The Bertz CT molecular complexity index is 812. The zero-order valence-electron chi connectivity index (χ0n) is 11.4. The summed E-state index contributed by atoms with van der Waals surface area (Å²) >= 11 is 0. The lowest BCUT2D eigenvalue weighted by Gasteiger charge is -2.23. The first-order chi connectivity index (χ1) is 10.5. The van der Waals surface area contributed by atoms with E-state index in [0.717, 1.165) is 11.6 Å². The molecule has 0 radical (unpaired) electrons. The number of nitrogens with two attached hydrogens (primary N) is 1. The Morgan fingerprint density at radius 3 is 2.50 bits per heavy atom. The normalized spacial score (nSPS) is 16.9. The number of aliphatic carboxylic acids is 1. The van der Waals surface area contributed by atoms with Crippen molar-refractivity contribution in [3.63, 3.8) is 0 Å². The van der Waals surface area contributed by atoms with Crippen molar-refractivity contribution in [1.29, 1.82) is 0 Å². The van der Waals surface area contributed by atoms with E-state index in [-0.39, 0.29) is 16.8 Å². The highest BCUT2D eigenvalue weighted by molar-refractivity contribution is 6.25. The van der Waals surface area contributed by atoms with E-state index in [1.165, 1.54) is 12.1 Å². The van der Waals surface area contributed by atoms with Crippen LogP contribution in [0.25, 0.3) is 0 Å². The van der Waals surface area contributed by atoms with E-state index in [0.29, 0.717) is 5.56 Å². The third kappa shape index (κ3) is 2.16. The zero-order valence-corrected chi connectivity index (χ0v) is 11.4. The summed E-state index contributed by atoms with van der Waals surface area (Å²) in [5.41, 5.74) is 6.54. The minimum absolute atomic E-state index is 0.0421. The van der Waals surface area contributed by atoms with Gasteiger partial charge in [0, 0.05) is 11.5 Å².